The molecule has 0 aromatic heterocycles. The molecule has 0 spiro atoms. The highest BCUT2D eigenvalue weighted by atomic mass is 16.5. The van der Waals surface area contributed by atoms with Crippen LogP contribution in [0.5, 0.6) is 5.75 Å². The van der Waals surface area contributed by atoms with Gasteiger partial charge in [-0.05, 0) is 51.0 Å². The number of ketones is 1. The van der Waals surface area contributed by atoms with Gasteiger partial charge in [0.25, 0.3) is 0 Å². The molecule has 4 heteroatoms. The zero-order chi connectivity index (χ0) is 16.1. The first-order chi connectivity index (χ1) is 10.5. The Morgan fingerprint density at radius 2 is 1.82 bits per heavy atom. The van der Waals surface area contributed by atoms with E-state index in [2.05, 4.69) is 10.2 Å². The Kier molecular flexibility index (Phi) is 5.98. The van der Waals surface area contributed by atoms with Crippen LogP contribution in [0.25, 0.3) is 0 Å². The molecule has 1 saturated heterocycles. The van der Waals surface area contributed by atoms with Gasteiger partial charge in [0.2, 0.25) is 0 Å². The van der Waals surface area contributed by atoms with Gasteiger partial charge in [0.15, 0.2) is 5.78 Å². The predicted molar refractivity (Wildman–Crippen MR) is 89.9 cm³/mol. The minimum absolute atomic E-state index is 0.146. The largest absolute Gasteiger partial charge is 0.491 e. The minimum atomic E-state index is 0.146. The third kappa shape index (κ3) is 4.55. The number of carbonyl (C=O) groups excluding carboxylic acids is 1. The van der Waals surface area contributed by atoms with Crippen LogP contribution in [0.2, 0.25) is 0 Å². The summed E-state index contributed by atoms with van der Waals surface area (Å²) in [7, 11) is 0. The van der Waals surface area contributed by atoms with Crippen molar-refractivity contribution in [3.8, 4) is 5.75 Å². The monoisotopic (exact) mass is 304 g/mol. The smallest absolute Gasteiger partial charge is 0.164 e. The molecule has 1 N–H and O–H groups in total. The number of rotatable bonds is 6. The van der Waals surface area contributed by atoms with E-state index in [0.717, 1.165) is 55.2 Å². The molecule has 0 bridgehead atoms. The van der Waals surface area contributed by atoms with E-state index in [1.807, 2.05) is 39.8 Å². The number of hydrogen-bond acceptors (Lipinski definition) is 4. The van der Waals surface area contributed by atoms with Gasteiger partial charge in [-0.2, -0.15) is 0 Å². The third-order valence-corrected chi connectivity index (χ3v) is 4.02. The summed E-state index contributed by atoms with van der Waals surface area (Å²) in [5.74, 6) is 1.09. The Balaban J connectivity index is 2.02. The van der Waals surface area contributed by atoms with Crippen molar-refractivity contribution in [1.82, 2.24) is 10.2 Å². The first kappa shape index (κ1) is 17.0. The number of benzene rings is 1. The molecule has 22 heavy (non-hydrogen) atoms. The van der Waals surface area contributed by atoms with Crippen molar-refractivity contribution in [2.75, 3.05) is 32.7 Å². The van der Waals surface area contributed by atoms with Crippen LogP contribution in [0.15, 0.2) is 12.1 Å². The maximum atomic E-state index is 12.6. The molecule has 0 radical (unpaired) electrons. The van der Waals surface area contributed by atoms with E-state index in [0.29, 0.717) is 6.42 Å². The van der Waals surface area contributed by atoms with Crippen LogP contribution in [0, 0.1) is 13.8 Å². The van der Waals surface area contributed by atoms with Gasteiger partial charge < -0.3 is 15.0 Å². The van der Waals surface area contributed by atoms with Gasteiger partial charge in [-0.3, -0.25) is 4.79 Å². The number of carbonyl (C=O) groups is 1. The predicted octanol–water partition coefficient (Wildman–Crippen LogP) is 2.57. The van der Waals surface area contributed by atoms with Crippen LogP contribution in [-0.2, 0) is 0 Å². The molecule has 1 aliphatic heterocycles. The summed E-state index contributed by atoms with van der Waals surface area (Å²) in [6.45, 7) is 13.0. The molecule has 2 rings (SSSR count). The zero-order valence-electron chi connectivity index (χ0n) is 14.2. The standard InChI is InChI=1S/C18H28N2O2/c1-13(2)22-16-11-14(3)18(15(4)12-16)17(21)5-8-20-9-6-19-7-10-20/h11-13,19H,5-10H2,1-4H3. The summed E-state index contributed by atoms with van der Waals surface area (Å²) >= 11 is 0. The molecule has 1 heterocycles. The Bertz CT molecular complexity index is 497. The third-order valence-electron chi connectivity index (χ3n) is 4.02. The van der Waals surface area contributed by atoms with Gasteiger partial charge in [-0.15, -0.1) is 0 Å². The zero-order valence-corrected chi connectivity index (χ0v) is 14.2. The van der Waals surface area contributed by atoms with Gasteiger partial charge in [-0.25, -0.2) is 0 Å². The van der Waals surface area contributed by atoms with Crippen molar-refractivity contribution in [1.29, 1.82) is 0 Å². The molecule has 122 valence electrons. The van der Waals surface area contributed by atoms with Crippen molar-refractivity contribution in [3.05, 3.63) is 28.8 Å². The minimum Gasteiger partial charge on any atom is -0.491 e. The van der Waals surface area contributed by atoms with Crippen LogP contribution in [-0.4, -0.2) is 49.5 Å². The quantitative estimate of drug-likeness (QED) is 0.820. The summed E-state index contributed by atoms with van der Waals surface area (Å²) in [5.41, 5.74) is 2.90. The molecule has 0 saturated carbocycles. The molecule has 1 aliphatic rings. The molecule has 0 amide bonds. The van der Waals surface area contributed by atoms with Crippen LogP contribution >= 0.6 is 0 Å². The van der Waals surface area contributed by atoms with E-state index in [-0.39, 0.29) is 11.9 Å². The Morgan fingerprint density at radius 1 is 1.23 bits per heavy atom. The molecule has 0 unspecified atom stereocenters. The van der Waals surface area contributed by atoms with Gasteiger partial charge in [0.05, 0.1) is 6.10 Å². The van der Waals surface area contributed by atoms with Crippen LogP contribution < -0.4 is 10.1 Å². The molecular formula is C18H28N2O2. The van der Waals surface area contributed by atoms with E-state index in [4.69, 9.17) is 4.74 Å². The van der Waals surface area contributed by atoms with Gasteiger partial charge in [0, 0.05) is 44.7 Å². The maximum absolute atomic E-state index is 12.6. The molecule has 0 aliphatic carbocycles. The molecule has 1 aromatic rings. The number of nitrogens with one attached hydrogen (secondary N) is 1. The Labute approximate surface area is 133 Å². The summed E-state index contributed by atoms with van der Waals surface area (Å²) in [6, 6.07) is 3.95. The highest BCUT2D eigenvalue weighted by molar-refractivity contribution is 5.99. The first-order valence-electron chi connectivity index (χ1n) is 8.21. The number of aryl methyl sites for hydroxylation is 2. The van der Waals surface area contributed by atoms with Crippen molar-refractivity contribution in [3.63, 3.8) is 0 Å². The number of nitrogens with zero attached hydrogens (tertiary/aromatic N) is 1. The summed E-state index contributed by atoms with van der Waals surface area (Å²) < 4.78 is 5.74. The number of piperazine rings is 1. The fourth-order valence-electron chi connectivity index (χ4n) is 3.02. The van der Waals surface area contributed by atoms with E-state index in [9.17, 15) is 4.79 Å². The lowest BCUT2D eigenvalue weighted by Gasteiger charge is -2.27. The molecule has 1 aromatic carbocycles. The van der Waals surface area contributed by atoms with Gasteiger partial charge in [0.1, 0.15) is 5.75 Å². The van der Waals surface area contributed by atoms with Gasteiger partial charge in [-0.1, -0.05) is 0 Å². The summed E-state index contributed by atoms with van der Waals surface area (Å²) in [4.78, 5) is 14.9. The fraction of sp³-hybridized carbons (Fsp3) is 0.611. The lowest BCUT2D eigenvalue weighted by atomic mass is 9.97. The van der Waals surface area contributed by atoms with Crippen molar-refractivity contribution >= 4 is 5.78 Å². The number of ether oxygens (including phenoxy) is 1. The Morgan fingerprint density at radius 3 is 2.36 bits per heavy atom. The van der Waals surface area contributed by atoms with E-state index in [1.54, 1.807) is 0 Å². The first-order valence-corrected chi connectivity index (χ1v) is 8.21. The molecule has 1 fully saturated rings. The average molecular weight is 304 g/mol. The van der Waals surface area contributed by atoms with Crippen LogP contribution in [0.4, 0.5) is 0 Å². The molecule has 4 nitrogen and oxygen atoms in total. The molecular weight excluding hydrogens is 276 g/mol. The molecule has 0 atom stereocenters. The van der Waals surface area contributed by atoms with E-state index >= 15 is 0 Å². The fourth-order valence-corrected chi connectivity index (χ4v) is 3.02. The Hall–Kier alpha value is -1.39. The van der Waals surface area contributed by atoms with Crippen molar-refractivity contribution in [2.24, 2.45) is 0 Å². The van der Waals surface area contributed by atoms with E-state index in [1.165, 1.54) is 0 Å². The van der Waals surface area contributed by atoms with Crippen LogP contribution in [0.1, 0.15) is 41.8 Å². The highest BCUT2D eigenvalue weighted by Crippen LogP contribution is 2.24. The average Bonchev–Trinajstić information content (AvgIpc) is 2.44. The van der Waals surface area contributed by atoms with Crippen LogP contribution in [0.3, 0.4) is 0 Å². The highest BCUT2D eigenvalue weighted by Gasteiger charge is 2.16. The normalized spacial score (nSPS) is 16.0. The number of Topliss-reactive ketones (excluding diaryl/α,β-unsaturated/α-hetero) is 1. The summed E-state index contributed by atoms with van der Waals surface area (Å²) in [5, 5.41) is 3.33. The van der Waals surface area contributed by atoms with Crippen molar-refractivity contribution in [2.45, 2.75) is 40.2 Å². The number of hydrogen-bond donors (Lipinski definition) is 1. The van der Waals surface area contributed by atoms with Gasteiger partial charge >= 0.3 is 0 Å². The van der Waals surface area contributed by atoms with Crippen molar-refractivity contribution < 1.29 is 9.53 Å². The lowest BCUT2D eigenvalue weighted by molar-refractivity contribution is 0.0959. The van der Waals surface area contributed by atoms with E-state index < -0.39 is 0 Å². The second-order valence-electron chi connectivity index (χ2n) is 6.36. The lowest BCUT2D eigenvalue weighted by Crippen LogP contribution is -2.44. The maximum Gasteiger partial charge on any atom is 0.164 e. The second kappa shape index (κ2) is 7.75. The topological polar surface area (TPSA) is 41.6 Å². The summed E-state index contributed by atoms with van der Waals surface area (Å²) in [6.07, 6.45) is 0.736. The second-order valence-corrected chi connectivity index (χ2v) is 6.36. The SMILES string of the molecule is Cc1cc(OC(C)C)cc(C)c1C(=O)CCN1CCNCC1.